The summed E-state index contributed by atoms with van der Waals surface area (Å²) in [4.78, 5) is 15.7. The number of piperidine rings is 1. The number of carbonyl (C=O) groups is 1. The fourth-order valence-corrected chi connectivity index (χ4v) is 3.67. The maximum atomic E-state index is 12.5. The summed E-state index contributed by atoms with van der Waals surface area (Å²) < 4.78 is 0.781. The van der Waals surface area contributed by atoms with E-state index in [-0.39, 0.29) is 18.0 Å². The van der Waals surface area contributed by atoms with Gasteiger partial charge in [0.1, 0.15) is 0 Å². The minimum Gasteiger partial charge on any atom is -0.334 e. The second kappa shape index (κ2) is 6.25. The third-order valence-electron chi connectivity index (χ3n) is 3.48. The first-order valence-corrected chi connectivity index (χ1v) is 8.00. The Balaban J connectivity index is 2.08. The van der Waals surface area contributed by atoms with Crippen molar-refractivity contribution in [3.63, 3.8) is 0 Å². The maximum Gasteiger partial charge on any atom is 0.240 e. The molecule has 1 saturated heterocycles. The van der Waals surface area contributed by atoms with Gasteiger partial charge in [0.05, 0.1) is 16.4 Å². The third-order valence-corrected chi connectivity index (χ3v) is 4.88. The molecule has 0 radical (unpaired) electrons. The number of amides is 1. The van der Waals surface area contributed by atoms with Gasteiger partial charge in [-0.1, -0.05) is 25.4 Å². The van der Waals surface area contributed by atoms with Gasteiger partial charge in [-0.2, -0.15) is 0 Å². The van der Waals surface area contributed by atoms with Gasteiger partial charge < -0.3 is 10.2 Å². The first-order chi connectivity index (χ1) is 8.99. The highest BCUT2D eigenvalue weighted by molar-refractivity contribution is 7.16. The smallest absolute Gasteiger partial charge is 0.240 e. The van der Waals surface area contributed by atoms with E-state index in [0.717, 1.165) is 28.6 Å². The largest absolute Gasteiger partial charge is 0.334 e. The number of carbonyl (C=O) groups excluding carboxylic acids is 1. The van der Waals surface area contributed by atoms with Gasteiger partial charge in [-0.3, -0.25) is 4.79 Å². The Morgan fingerprint density at radius 2 is 2.16 bits per heavy atom. The van der Waals surface area contributed by atoms with Crippen LogP contribution in [0, 0.1) is 0 Å². The highest BCUT2D eigenvalue weighted by atomic mass is 35.5. The number of likely N-dealkylation sites (tertiary alicyclic amines) is 1. The van der Waals surface area contributed by atoms with Crippen LogP contribution in [0.25, 0.3) is 0 Å². The van der Waals surface area contributed by atoms with Gasteiger partial charge in [0.15, 0.2) is 0 Å². The zero-order valence-corrected chi connectivity index (χ0v) is 13.2. The molecule has 1 aliphatic heterocycles. The molecule has 2 rings (SSSR count). The van der Waals surface area contributed by atoms with Crippen molar-refractivity contribution in [3.05, 3.63) is 21.3 Å². The number of nitrogens with one attached hydrogen (secondary N) is 1. The molecule has 3 nitrogen and oxygen atoms in total. The molecule has 2 unspecified atom stereocenters. The Labute approximate surface area is 123 Å². The molecule has 106 valence electrons. The van der Waals surface area contributed by atoms with Gasteiger partial charge in [-0.15, -0.1) is 11.3 Å². The number of hydrogen-bond donors (Lipinski definition) is 1. The van der Waals surface area contributed by atoms with Crippen molar-refractivity contribution < 1.29 is 4.79 Å². The van der Waals surface area contributed by atoms with E-state index in [1.165, 1.54) is 0 Å². The summed E-state index contributed by atoms with van der Waals surface area (Å²) in [6, 6.07) is 4.33. The van der Waals surface area contributed by atoms with Crippen LogP contribution in [0.3, 0.4) is 0 Å². The van der Waals surface area contributed by atoms with Crippen LogP contribution >= 0.6 is 22.9 Å². The maximum absolute atomic E-state index is 12.5. The van der Waals surface area contributed by atoms with Crippen molar-refractivity contribution >= 4 is 28.8 Å². The Morgan fingerprint density at radius 1 is 1.42 bits per heavy atom. The van der Waals surface area contributed by atoms with Gasteiger partial charge >= 0.3 is 0 Å². The van der Waals surface area contributed by atoms with Gasteiger partial charge in [0.2, 0.25) is 5.91 Å². The lowest BCUT2D eigenvalue weighted by molar-refractivity contribution is -0.138. The second-order valence-electron chi connectivity index (χ2n) is 5.37. The Kier molecular flexibility index (Phi) is 4.87. The van der Waals surface area contributed by atoms with Crippen molar-refractivity contribution in [2.75, 3.05) is 6.54 Å². The highest BCUT2D eigenvalue weighted by Gasteiger charge is 2.32. The van der Waals surface area contributed by atoms with E-state index in [0.29, 0.717) is 6.04 Å². The predicted octanol–water partition coefficient (Wildman–Crippen LogP) is 3.45. The summed E-state index contributed by atoms with van der Waals surface area (Å²) in [7, 11) is 0. The molecule has 1 aromatic heterocycles. The van der Waals surface area contributed by atoms with Crippen LogP contribution in [0.2, 0.25) is 4.34 Å². The number of hydrogen-bond acceptors (Lipinski definition) is 3. The minimum atomic E-state index is -0.0355. The average Bonchev–Trinajstić information content (AvgIpc) is 2.77. The molecule has 0 saturated carbocycles. The van der Waals surface area contributed by atoms with Crippen molar-refractivity contribution in [1.82, 2.24) is 10.2 Å². The van der Waals surface area contributed by atoms with E-state index >= 15 is 0 Å². The SMILES string of the molecule is CC(C)NC1CCCN(C(C)c2ccc(Cl)s2)C1=O. The molecule has 1 N–H and O–H groups in total. The second-order valence-corrected chi connectivity index (χ2v) is 7.11. The van der Waals surface area contributed by atoms with Crippen molar-refractivity contribution in [1.29, 1.82) is 0 Å². The topological polar surface area (TPSA) is 32.3 Å². The third kappa shape index (κ3) is 3.50. The van der Waals surface area contributed by atoms with Gasteiger partial charge in [-0.25, -0.2) is 0 Å². The predicted molar refractivity (Wildman–Crippen MR) is 80.8 cm³/mol. The van der Waals surface area contributed by atoms with E-state index in [2.05, 4.69) is 26.1 Å². The van der Waals surface area contributed by atoms with Gasteiger partial charge in [-0.05, 0) is 31.9 Å². The monoisotopic (exact) mass is 300 g/mol. The highest BCUT2D eigenvalue weighted by Crippen LogP contribution is 2.32. The van der Waals surface area contributed by atoms with Crippen LogP contribution < -0.4 is 5.32 Å². The van der Waals surface area contributed by atoms with Crippen molar-refractivity contribution in [2.45, 2.75) is 51.7 Å². The molecule has 0 spiro atoms. The number of nitrogens with zero attached hydrogens (tertiary/aromatic N) is 1. The van der Waals surface area contributed by atoms with Crippen LogP contribution in [0.4, 0.5) is 0 Å². The zero-order valence-electron chi connectivity index (χ0n) is 11.6. The molecule has 1 aromatic rings. The van der Waals surface area contributed by atoms with E-state index in [1.54, 1.807) is 11.3 Å². The van der Waals surface area contributed by atoms with Gasteiger partial charge in [0, 0.05) is 17.5 Å². The number of thiophene rings is 1. The van der Waals surface area contributed by atoms with Crippen LogP contribution in [-0.4, -0.2) is 29.4 Å². The summed E-state index contributed by atoms with van der Waals surface area (Å²) >= 11 is 7.54. The minimum absolute atomic E-state index is 0.0355. The van der Waals surface area contributed by atoms with Crippen LogP contribution in [0.5, 0.6) is 0 Å². The Hall–Kier alpha value is -0.580. The van der Waals surface area contributed by atoms with Crippen LogP contribution in [-0.2, 0) is 4.79 Å². The molecule has 1 amide bonds. The number of rotatable bonds is 4. The van der Waals surface area contributed by atoms with Crippen molar-refractivity contribution in [2.24, 2.45) is 0 Å². The fraction of sp³-hybridized carbons (Fsp3) is 0.643. The molecular weight excluding hydrogens is 280 g/mol. The summed E-state index contributed by atoms with van der Waals surface area (Å²) in [6.45, 7) is 7.08. The molecule has 2 atom stereocenters. The normalized spacial score (nSPS) is 22.1. The van der Waals surface area contributed by atoms with Crippen LogP contribution in [0.15, 0.2) is 12.1 Å². The lowest BCUT2D eigenvalue weighted by Crippen LogP contribution is -2.52. The molecule has 2 heterocycles. The molecule has 19 heavy (non-hydrogen) atoms. The summed E-state index contributed by atoms with van der Waals surface area (Å²) in [5.74, 6) is 0.219. The van der Waals surface area contributed by atoms with E-state index < -0.39 is 0 Å². The first-order valence-electron chi connectivity index (χ1n) is 6.81. The summed E-state index contributed by atoms with van der Waals surface area (Å²) in [5.41, 5.74) is 0. The van der Waals surface area contributed by atoms with Gasteiger partial charge in [0.25, 0.3) is 0 Å². The molecule has 5 heteroatoms. The van der Waals surface area contributed by atoms with Crippen molar-refractivity contribution in [3.8, 4) is 0 Å². The quantitative estimate of drug-likeness (QED) is 0.923. The average molecular weight is 301 g/mol. The number of halogens is 1. The zero-order chi connectivity index (χ0) is 14.0. The Bertz CT molecular complexity index is 446. The van der Waals surface area contributed by atoms with E-state index in [1.807, 2.05) is 17.0 Å². The summed E-state index contributed by atoms with van der Waals surface area (Å²) in [6.07, 6.45) is 1.99. The lowest BCUT2D eigenvalue weighted by atomic mass is 10.0. The first kappa shape index (κ1) is 14.8. The fourth-order valence-electron chi connectivity index (χ4n) is 2.55. The molecular formula is C14H21ClN2OS. The molecule has 0 aromatic carbocycles. The molecule has 0 bridgehead atoms. The van der Waals surface area contributed by atoms with E-state index in [9.17, 15) is 4.79 Å². The molecule has 0 aliphatic carbocycles. The molecule has 1 aliphatic rings. The standard InChI is InChI=1S/C14H21ClN2OS/c1-9(2)16-11-5-4-8-17(14(11)18)10(3)12-6-7-13(15)19-12/h6-7,9-11,16H,4-5,8H2,1-3H3. The molecule has 1 fully saturated rings. The lowest BCUT2D eigenvalue weighted by Gasteiger charge is -2.37. The Morgan fingerprint density at radius 3 is 2.74 bits per heavy atom. The van der Waals surface area contributed by atoms with Crippen LogP contribution in [0.1, 0.15) is 44.5 Å². The van der Waals surface area contributed by atoms with E-state index in [4.69, 9.17) is 11.6 Å². The summed E-state index contributed by atoms with van der Waals surface area (Å²) in [5, 5.41) is 3.36.